The van der Waals surface area contributed by atoms with Gasteiger partial charge in [-0.05, 0) is 24.3 Å². The van der Waals surface area contributed by atoms with Crippen molar-refractivity contribution in [3.05, 3.63) is 59.9 Å². The van der Waals surface area contributed by atoms with Crippen LogP contribution in [-0.2, 0) is 0 Å². The zero-order valence-corrected chi connectivity index (χ0v) is 10.4. The summed E-state index contributed by atoms with van der Waals surface area (Å²) >= 11 is 0. The molecule has 1 aromatic heterocycles. The van der Waals surface area contributed by atoms with E-state index in [1.165, 1.54) is 0 Å². The molecule has 2 rings (SSSR count). The summed E-state index contributed by atoms with van der Waals surface area (Å²) in [6.07, 6.45) is 3.35. The van der Waals surface area contributed by atoms with Gasteiger partial charge in [0.2, 0.25) is 0 Å². The van der Waals surface area contributed by atoms with Gasteiger partial charge < -0.3 is 10.1 Å². The van der Waals surface area contributed by atoms with E-state index >= 15 is 0 Å². The molecule has 92 valence electrons. The maximum Gasteiger partial charge on any atom is 0.117 e. The average Bonchev–Trinajstić information content (AvgIpc) is 2.41. The van der Waals surface area contributed by atoms with E-state index in [2.05, 4.69) is 10.1 Å². The minimum absolute atomic E-state index is 0.544. The van der Waals surface area contributed by atoms with Gasteiger partial charge in [0.15, 0.2) is 0 Å². The fraction of sp³-hybridized carbons (Fsp3) is 0.143. The average molecular weight is 241 g/mol. The molecule has 1 aromatic carbocycles. The zero-order chi connectivity index (χ0) is 13.0. The quantitative estimate of drug-likeness (QED) is 0.510. The molecule has 0 aliphatic heterocycles. The number of benzene rings is 1. The van der Waals surface area contributed by atoms with Crippen LogP contribution in [0.1, 0.15) is 11.1 Å². The minimum atomic E-state index is 0.544. The molecule has 0 spiro atoms. The van der Waals surface area contributed by atoms with Gasteiger partial charge in [0, 0.05) is 43.3 Å². The molecule has 0 aliphatic carbocycles. The lowest BCUT2D eigenvalue weighted by molar-refractivity contribution is 0.319. The highest BCUT2D eigenvalue weighted by Gasteiger charge is 2.07. The molecule has 0 saturated heterocycles. The van der Waals surface area contributed by atoms with Gasteiger partial charge in [0.05, 0.1) is 0 Å². The number of aromatic nitrogens is 1. The molecule has 4 heteroatoms. The Morgan fingerprint density at radius 1 is 1.00 bits per heavy atom. The Morgan fingerprint density at radius 3 is 2.06 bits per heavy atom. The van der Waals surface area contributed by atoms with E-state index in [1.54, 1.807) is 12.4 Å². The van der Waals surface area contributed by atoms with E-state index in [4.69, 9.17) is 5.21 Å². The van der Waals surface area contributed by atoms with Crippen LogP contribution < -0.4 is 4.90 Å². The van der Waals surface area contributed by atoms with Crippen molar-refractivity contribution in [1.82, 2.24) is 4.98 Å². The second kappa shape index (κ2) is 5.31. The maximum atomic E-state index is 9.17. The molecule has 2 aromatic rings. The highest BCUT2D eigenvalue weighted by atomic mass is 16.4. The highest BCUT2D eigenvalue weighted by molar-refractivity contribution is 6.12. The Balaban J connectivity index is 2.35. The van der Waals surface area contributed by atoms with Crippen LogP contribution in [0.25, 0.3) is 0 Å². The lowest BCUT2D eigenvalue weighted by atomic mass is 10.0. The number of hydrogen-bond donors (Lipinski definition) is 1. The molecule has 0 unspecified atom stereocenters. The molecule has 0 amide bonds. The van der Waals surface area contributed by atoms with E-state index in [1.807, 2.05) is 55.4 Å². The molecule has 0 radical (unpaired) electrons. The van der Waals surface area contributed by atoms with Crippen molar-refractivity contribution in [1.29, 1.82) is 0 Å². The van der Waals surface area contributed by atoms with Gasteiger partial charge in [-0.15, -0.1) is 0 Å². The summed E-state index contributed by atoms with van der Waals surface area (Å²) in [5, 5.41) is 12.5. The van der Waals surface area contributed by atoms with E-state index in [0.29, 0.717) is 5.71 Å². The van der Waals surface area contributed by atoms with Crippen molar-refractivity contribution in [3.63, 3.8) is 0 Å². The normalized spacial score (nSPS) is 11.3. The molecule has 0 aliphatic rings. The van der Waals surface area contributed by atoms with Gasteiger partial charge in [-0.25, -0.2) is 0 Å². The number of anilines is 1. The van der Waals surface area contributed by atoms with Gasteiger partial charge in [-0.1, -0.05) is 17.3 Å². The first-order chi connectivity index (χ1) is 8.72. The maximum absolute atomic E-state index is 9.17. The SMILES string of the molecule is CN(C)c1ccc(/C(=N/O)c2ccncc2)cc1. The molecule has 0 atom stereocenters. The molecule has 1 heterocycles. The number of rotatable bonds is 3. The van der Waals surface area contributed by atoms with E-state index in [9.17, 15) is 0 Å². The van der Waals surface area contributed by atoms with Crippen LogP contribution in [0.5, 0.6) is 0 Å². The summed E-state index contributed by atoms with van der Waals surface area (Å²) in [4.78, 5) is 5.97. The van der Waals surface area contributed by atoms with Crippen molar-refractivity contribution in [2.45, 2.75) is 0 Å². The molecule has 0 bridgehead atoms. The second-order valence-corrected chi connectivity index (χ2v) is 4.13. The van der Waals surface area contributed by atoms with Crippen molar-refractivity contribution < 1.29 is 5.21 Å². The molecule has 0 fully saturated rings. The summed E-state index contributed by atoms with van der Waals surface area (Å²) in [6, 6.07) is 11.5. The predicted octanol–water partition coefficient (Wildman–Crippen LogP) is 2.37. The van der Waals surface area contributed by atoms with Crippen LogP contribution >= 0.6 is 0 Å². The summed E-state index contributed by atoms with van der Waals surface area (Å²) in [5.74, 6) is 0. The van der Waals surface area contributed by atoms with Crippen molar-refractivity contribution in [3.8, 4) is 0 Å². The molecule has 4 nitrogen and oxygen atoms in total. The standard InChI is InChI=1S/C14H15N3O/c1-17(2)13-5-3-11(4-6-13)14(16-18)12-7-9-15-10-8-12/h3-10,18H,1-2H3/b16-14-. The highest BCUT2D eigenvalue weighted by Crippen LogP contribution is 2.15. The summed E-state index contributed by atoms with van der Waals surface area (Å²) in [7, 11) is 3.97. The Labute approximate surface area is 106 Å². The molecule has 1 N–H and O–H groups in total. The third-order valence-corrected chi connectivity index (χ3v) is 2.71. The molecule has 18 heavy (non-hydrogen) atoms. The number of oxime groups is 1. The lowest BCUT2D eigenvalue weighted by Gasteiger charge is -2.13. The largest absolute Gasteiger partial charge is 0.410 e. The van der Waals surface area contributed by atoms with E-state index in [0.717, 1.165) is 16.8 Å². The number of nitrogens with zero attached hydrogens (tertiary/aromatic N) is 3. The van der Waals surface area contributed by atoms with E-state index < -0.39 is 0 Å². The first kappa shape index (κ1) is 12.1. The molecule has 0 saturated carbocycles. The number of hydrogen-bond acceptors (Lipinski definition) is 4. The fourth-order valence-corrected chi connectivity index (χ4v) is 1.71. The smallest absolute Gasteiger partial charge is 0.117 e. The van der Waals surface area contributed by atoms with Crippen LogP contribution in [0.15, 0.2) is 53.9 Å². The first-order valence-electron chi connectivity index (χ1n) is 5.62. The van der Waals surface area contributed by atoms with Crippen molar-refractivity contribution in [2.75, 3.05) is 19.0 Å². The van der Waals surface area contributed by atoms with Gasteiger partial charge in [0.1, 0.15) is 5.71 Å². The summed E-state index contributed by atoms with van der Waals surface area (Å²) in [6.45, 7) is 0. The Kier molecular flexibility index (Phi) is 3.57. The van der Waals surface area contributed by atoms with Crippen molar-refractivity contribution >= 4 is 11.4 Å². The third kappa shape index (κ3) is 2.48. The van der Waals surface area contributed by atoms with E-state index in [-0.39, 0.29) is 0 Å². The third-order valence-electron chi connectivity index (χ3n) is 2.71. The zero-order valence-electron chi connectivity index (χ0n) is 10.4. The van der Waals surface area contributed by atoms with Gasteiger partial charge in [0.25, 0.3) is 0 Å². The monoisotopic (exact) mass is 241 g/mol. The molecular formula is C14H15N3O. The number of pyridine rings is 1. The van der Waals surface area contributed by atoms with Gasteiger partial charge in [-0.2, -0.15) is 0 Å². The van der Waals surface area contributed by atoms with Crippen LogP contribution in [-0.4, -0.2) is 30.0 Å². The van der Waals surface area contributed by atoms with Crippen molar-refractivity contribution in [2.24, 2.45) is 5.16 Å². The Hall–Kier alpha value is -2.36. The lowest BCUT2D eigenvalue weighted by Crippen LogP contribution is -2.09. The second-order valence-electron chi connectivity index (χ2n) is 4.13. The summed E-state index contributed by atoms with van der Waals surface area (Å²) < 4.78 is 0. The first-order valence-corrected chi connectivity index (χ1v) is 5.62. The minimum Gasteiger partial charge on any atom is -0.410 e. The predicted molar refractivity (Wildman–Crippen MR) is 72.4 cm³/mol. The topological polar surface area (TPSA) is 48.7 Å². The van der Waals surface area contributed by atoms with Crippen LogP contribution in [0, 0.1) is 0 Å². The molecular weight excluding hydrogens is 226 g/mol. The van der Waals surface area contributed by atoms with Crippen LogP contribution in [0.3, 0.4) is 0 Å². The van der Waals surface area contributed by atoms with Gasteiger partial charge in [-0.3, -0.25) is 4.98 Å². The Bertz CT molecular complexity index is 533. The van der Waals surface area contributed by atoms with Gasteiger partial charge >= 0.3 is 0 Å². The summed E-state index contributed by atoms with van der Waals surface area (Å²) in [5.41, 5.74) is 3.35. The van der Waals surface area contributed by atoms with Crippen LogP contribution in [0.2, 0.25) is 0 Å². The Morgan fingerprint density at radius 2 is 1.56 bits per heavy atom. The van der Waals surface area contributed by atoms with Crippen LogP contribution in [0.4, 0.5) is 5.69 Å². The fourth-order valence-electron chi connectivity index (χ4n) is 1.71.